The quantitative estimate of drug-likeness (QED) is 0.712. The summed E-state index contributed by atoms with van der Waals surface area (Å²) in [7, 11) is 0. The lowest BCUT2D eigenvalue weighted by molar-refractivity contribution is -0.118. The Hall–Kier alpha value is -1.64. The number of esters is 1. The van der Waals surface area contributed by atoms with E-state index >= 15 is 0 Å². The minimum Gasteiger partial charge on any atom is -0.462 e. The minimum absolute atomic E-state index is 0.244. The minimum atomic E-state index is -0.316. The molecule has 0 spiro atoms. The molecule has 0 bridgehead atoms. The molecule has 0 radical (unpaired) electrons. The second-order valence-corrected chi connectivity index (χ2v) is 3.92. The van der Waals surface area contributed by atoms with Gasteiger partial charge in [0, 0.05) is 12.8 Å². The second kappa shape index (κ2) is 4.47. The molecule has 84 valence electrons. The highest BCUT2D eigenvalue weighted by atomic mass is 16.5. The highest BCUT2D eigenvalue weighted by Gasteiger charge is 2.17. The average molecular weight is 218 g/mol. The first-order valence-corrected chi connectivity index (χ1v) is 5.51. The van der Waals surface area contributed by atoms with Gasteiger partial charge in [-0.25, -0.2) is 4.79 Å². The largest absolute Gasteiger partial charge is 0.462 e. The molecule has 0 fully saturated rings. The Balaban J connectivity index is 2.27. The van der Waals surface area contributed by atoms with Crippen LogP contribution in [0.4, 0.5) is 0 Å². The molecule has 1 aliphatic carbocycles. The Morgan fingerprint density at radius 2 is 2.12 bits per heavy atom. The Labute approximate surface area is 94.4 Å². The van der Waals surface area contributed by atoms with Crippen LogP contribution >= 0.6 is 0 Å². The second-order valence-electron chi connectivity index (χ2n) is 3.92. The first-order chi connectivity index (χ1) is 7.70. The summed E-state index contributed by atoms with van der Waals surface area (Å²) in [5.74, 6) is -0.0724. The summed E-state index contributed by atoms with van der Waals surface area (Å²) in [5, 5.41) is 0. The van der Waals surface area contributed by atoms with E-state index < -0.39 is 0 Å². The van der Waals surface area contributed by atoms with Crippen LogP contribution in [0.5, 0.6) is 0 Å². The summed E-state index contributed by atoms with van der Waals surface area (Å²) in [4.78, 5) is 22.8. The Morgan fingerprint density at radius 1 is 1.31 bits per heavy atom. The number of ketones is 1. The van der Waals surface area contributed by atoms with Crippen molar-refractivity contribution in [3.8, 4) is 0 Å². The maximum Gasteiger partial charge on any atom is 0.338 e. The van der Waals surface area contributed by atoms with E-state index in [-0.39, 0.29) is 11.8 Å². The molecule has 0 unspecified atom stereocenters. The SMILES string of the molecule is CCOC(=O)c1ccc2c(c1)CC(=O)CC2. The van der Waals surface area contributed by atoms with Gasteiger partial charge in [0.1, 0.15) is 5.78 Å². The van der Waals surface area contributed by atoms with Gasteiger partial charge >= 0.3 is 5.97 Å². The number of aryl methyl sites for hydroxylation is 1. The van der Waals surface area contributed by atoms with Crippen molar-refractivity contribution in [3.63, 3.8) is 0 Å². The predicted molar refractivity (Wildman–Crippen MR) is 59.4 cm³/mol. The lowest BCUT2D eigenvalue weighted by atomic mass is 9.89. The molecule has 0 aromatic heterocycles. The molecule has 0 aliphatic heterocycles. The van der Waals surface area contributed by atoms with Crippen LogP contribution in [0.1, 0.15) is 34.8 Å². The number of carbonyl (C=O) groups excluding carboxylic acids is 2. The molecule has 0 N–H and O–H groups in total. The molecular formula is C13H14O3. The Morgan fingerprint density at radius 3 is 2.88 bits per heavy atom. The smallest absolute Gasteiger partial charge is 0.338 e. The van der Waals surface area contributed by atoms with Gasteiger partial charge in [0.2, 0.25) is 0 Å². The first-order valence-electron chi connectivity index (χ1n) is 5.51. The molecule has 0 saturated heterocycles. The molecule has 3 nitrogen and oxygen atoms in total. The fourth-order valence-electron chi connectivity index (χ4n) is 1.95. The van der Waals surface area contributed by atoms with Crippen LogP contribution in [0.3, 0.4) is 0 Å². The number of carbonyl (C=O) groups is 2. The highest BCUT2D eigenvalue weighted by molar-refractivity contribution is 5.91. The maximum atomic E-state index is 11.5. The summed E-state index contributed by atoms with van der Waals surface area (Å²) >= 11 is 0. The van der Waals surface area contributed by atoms with Crippen molar-refractivity contribution in [2.24, 2.45) is 0 Å². The molecular weight excluding hydrogens is 204 g/mol. The van der Waals surface area contributed by atoms with Crippen LogP contribution in [0.25, 0.3) is 0 Å². The third-order valence-corrected chi connectivity index (χ3v) is 2.78. The van der Waals surface area contributed by atoms with Crippen molar-refractivity contribution in [2.45, 2.75) is 26.2 Å². The van der Waals surface area contributed by atoms with Crippen LogP contribution in [0.15, 0.2) is 18.2 Å². The van der Waals surface area contributed by atoms with Crippen molar-refractivity contribution in [1.82, 2.24) is 0 Å². The van der Waals surface area contributed by atoms with E-state index in [1.54, 1.807) is 19.1 Å². The van der Waals surface area contributed by atoms with Gasteiger partial charge < -0.3 is 4.74 Å². The molecule has 2 rings (SSSR count). The third-order valence-electron chi connectivity index (χ3n) is 2.78. The monoisotopic (exact) mass is 218 g/mol. The normalized spacial score (nSPS) is 14.4. The van der Waals surface area contributed by atoms with Gasteiger partial charge in [-0.05, 0) is 36.6 Å². The summed E-state index contributed by atoms with van der Waals surface area (Å²) in [6, 6.07) is 5.48. The summed E-state index contributed by atoms with van der Waals surface area (Å²) < 4.78 is 4.92. The summed E-state index contributed by atoms with van der Waals surface area (Å²) in [6.45, 7) is 2.15. The van der Waals surface area contributed by atoms with Crippen LogP contribution < -0.4 is 0 Å². The zero-order valence-corrected chi connectivity index (χ0v) is 9.29. The van der Waals surface area contributed by atoms with E-state index in [9.17, 15) is 9.59 Å². The lowest BCUT2D eigenvalue weighted by Crippen LogP contribution is -2.14. The fourth-order valence-corrected chi connectivity index (χ4v) is 1.95. The summed E-state index contributed by atoms with van der Waals surface area (Å²) in [6.07, 6.45) is 1.85. The Bertz CT molecular complexity index is 435. The number of Topliss-reactive ketones (excluding diaryl/α,β-unsaturated/α-hetero) is 1. The molecule has 0 saturated carbocycles. The molecule has 1 aromatic rings. The first kappa shape index (κ1) is 10.9. The van der Waals surface area contributed by atoms with E-state index in [2.05, 4.69) is 0 Å². The van der Waals surface area contributed by atoms with Crippen LogP contribution in [0.2, 0.25) is 0 Å². The lowest BCUT2D eigenvalue weighted by Gasteiger charge is -2.15. The zero-order valence-electron chi connectivity index (χ0n) is 9.29. The third kappa shape index (κ3) is 2.13. The van der Waals surface area contributed by atoms with Crippen LogP contribution in [-0.4, -0.2) is 18.4 Å². The van der Waals surface area contributed by atoms with Crippen molar-refractivity contribution in [2.75, 3.05) is 6.61 Å². The molecule has 1 aliphatic rings. The van der Waals surface area contributed by atoms with Gasteiger partial charge in [0.05, 0.1) is 12.2 Å². The molecule has 3 heteroatoms. The van der Waals surface area contributed by atoms with Gasteiger partial charge in [-0.15, -0.1) is 0 Å². The fraction of sp³-hybridized carbons (Fsp3) is 0.385. The number of hydrogen-bond donors (Lipinski definition) is 0. The molecule has 0 amide bonds. The van der Waals surface area contributed by atoms with Gasteiger partial charge in [-0.3, -0.25) is 4.79 Å². The van der Waals surface area contributed by atoms with E-state index in [1.807, 2.05) is 6.07 Å². The van der Waals surface area contributed by atoms with Gasteiger partial charge in [0.15, 0.2) is 0 Å². The number of ether oxygens (including phenoxy) is 1. The van der Waals surface area contributed by atoms with E-state index in [0.717, 1.165) is 12.0 Å². The summed E-state index contributed by atoms with van der Waals surface area (Å²) in [5.41, 5.74) is 2.68. The molecule has 0 heterocycles. The maximum absolute atomic E-state index is 11.5. The van der Waals surface area contributed by atoms with Gasteiger partial charge in [-0.1, -0.05) is 6.07 Å². The van der Waals surface area contributed by atoms with Crippen molar-refractivity contribution < 1.29 is 14.3 Å². The van der Waals surface area contributed by atoms with Crippen molar-refractivity contribution in [1.29, 1.82) is 0 Å². The van der Waals surface area contributed by atoms with E-state index in [1.165, 1.54) is 5.56 Å². The molecule has 1 aromatic carbocycles. The standard InChI is InChI=1S/C13H14O3/c1-2-16-13(15)10-4-3-9-5-6-12(14)8-11(9)7-10/h3-4,7H,2,5-6,8H2,1H3. The zero-order chi connectivity index (χ0) is 11.5. The number of rotatable bonds is 2. The topological polar surface area (TPSA) is 43.4 Å². The van der Waals surface area contributed by atoms with Gasteiger partial charge in [-0.2, -0.15) is 0 Å². The van der Waals surface area contributed by atoms with E-state index in [4.69, 9.17) is 4.74 Å². The van der Waals surface area contributed by atoms with Crippen LogP contribution in [0, 0.1) is 0 Å². The molecule has 0 atom stereocenters. The van der Waals surface area contributed by atoms with Crippen molar-refractivity contribution in [3.05, 3.63) is 34.9 Å². The number of fused-ring (bicyclic) bond motifs is 1. The highest BCUT2D eigenvalue weighted by Crippen LogP contribution is 2.20. The van der Waals surface area contributed by atoms with Crippen LogP contribution in [-0.2, 0) is 22.4 Å². The van der Waals surface area contributed by atoms with E-state index in [0.29, 0.717) is 25.0 Å². The average Bonchev–Trinajstić information content (AvgIpc) is 2.28. The predicted octanol–water partition coefficient (Wildman–Crippen LogP) is 1.92. The number of hydrogen-bond acceptors (Lipinski definition) is 3. The van der Waals surface area contributed by atoms with Crippen molar-refractivity contribution >= 4 is 11.8 Å². The molecule has 16 heavy (non-hydrogen) atoms. The number of benzene rings is 1. The Kier molecular flexibility index (Phi) is 3.04. The van der Waals surface area contributed by atoms with Gasteiger partial charge in [0.25, 0.3) is 0 Å².